The first kappa shape index (κ1) is 15.1. The van der Waals surface area contributed by atoms with E-state index in [4.69, 9.17) is 4.42 Å². The first-order valence-electron chi connectivity index (χ1n) is 7.58. The lowest BCUT2D eigenvalue weighted by Gasteiger charge is -2.08. The fourth-order valence-corrected chi connectivity index (χ4v) is 2.31. The van der Waals surface area contributed by atoms with E-state index in [1.165, 1.54) is 16.6 Å². The van der Waals surface area contributed by atoms with Gasteiger partial charge in [-0.25, -0.2) is 4.39 Å². The number of anilines is 2. The first-order chi connectivity index (χ1) is 12.2. The molecule has 0 radical (unpaired) electrons. The van der Waals surface area contributed by atoms with Gasteiger partial charge in [-0.15, -0.1) is 5.10 Å². The van der Waals surface area contributed by atoms with E-state index < -0.39 is 0 Å². The van der Waals surface area contributed by atoms with Gasteiger partial charge in [0.25, 0.3) is 5.78 Å². The molecule has 0 amide bonds. The van der Waals surface area contributed by atoms with Gasteiger partial charge in [-0.2, -0.15) is 19.5 Å². The molecule has 8 nitrogen and oxygen atoms in total. The van der Waals surface area contributed by atoms with Gasteiger partial charge in [-0.3, -0.25) is 0 Å². The SMILES string of the molecule is CNc1nc(NCc2ccc(F)cc2)n2nc(-c3ccco3)nc2n1. The number of nitrogens with one attached hydrogen (secondary N) is 2. The molecule has 4 aromatic rings. The Labute approximate surface area is 141 Å². The molecular formula is C16H14FN7O. The number of hydrogen-bond donors (Lipinski definition) is 2. The van der Waals surface area contributed by atoms with Crippen LogP contribution in [0.4, 0.5) is 16.3 Å². The van der Waals surface area contributed by atoms with E-state index in [2.05, 4.69) is 30.7 Å². The summed E-state index contributed by atoms with van der Waals surface area (Å²) in [5.41, 5.74) is 0.908. The summed E-state index contributed by atoms with van der Waals surface area (Å²) >= 11 is 0. The number of nitrogens with zero attached hydrogens (tertiary/aromatic N) is 5. The highest BCUT2D eigenvalue weighted by Gasteiger charge is 2.14. The van der Waals surface area contributed by atoms with Gasteiger partial charge in [-0.05, 0) is 29.8 Å². The maximum absolute atomic E-state index is 13.0. The van der Waals surface area contributed by atoms with Crippen molar-refractivity contribution >= 4 is 17.7 Å². The number of rotatable bonds is 5. The molecule has 0 unspecified atom stereocenters. The molecule has 0 saturated carbocycles. The van der Waals surface area contributed by atoms with Crippen LogP contribution in [-0.2, 0) is 6.54 Å². The van der Waals surface area contributed by atoms with E-state index in [1.54, 1.807) is 37.6 Å². The summed E-state index contributed by atoms with van der Waals surface area (Å²) in [6.45, 7) is 0.450. The molecule has 0 aliphatic carbocycles. The van der Waals surface area contributed by atoms with Gasteiger partial charge in [0.2, 0.25) is 17.7 Å². The zero-order valence-electron chi connectivity index (χ0n) is 13.3. The van der Waals surface area contributed by atoms with Crippen molar-refractivity contribution in [3.8, 4) is 11.6 Å². The molecule has 0 aliphatic rings. The molecule has 126 valence electrons. The molecule has 9 heteroatoms. The molecule has 0 aliphatic heterocycles. The van der Waals surface area contributed by atoms with E-state index in [9.17, 15) is 4.39 Å². The van der Waals surface area contributed by atoms with Crippen molar-refractivity contribution < 1.29 is 8.81 Å². The normalized spacial score (nSPS) is 11.0. The quantitative estimate of drug-likeness (QED) is 0.577. The standard InChI is InChI=1S/C16H14FN7O/c1-18-14-21-15(19-9-10-4-6-11(17)7-5-10)24-16(22-14)20-13(23-24)12-3-2-8-25-12/h2-8H,9H2,1H3,(H2,18,19,20,21,22,23). The second kappa shape index (κ2) is 6.19. The van der Waals surface area contributed by atoms with Crippen LogP contribution in [0.1, 0.15) is 5.56 Å². The minimum absolute atomic E-state index is 0.273. The predicted molar refractivity (Wildman–Crippen MR) is 89.6 cm³/mol. The summed E-state index contributed by atoms with van der Waals surface area (Å²) in [6, 6.07) is 9.77. The zero-order chi connectivity index (χ0) is 17.2. The van der Waals surface area contributed by atoms with E-state index in [0.717, 1.165) is 5.56 Å². The number of aromatic nitrogens is 5. The summed E-state index contributed by atoms with van der Waals surface area (Å²) in [4.78, 5) is 13.0. The van der Waals surface area contributed by atoms with Gasteiger partial charge >= 0.3 is 0 Å². The van der Waals surface area contributed by atoms with Crippen molar-refractivity contribution in [3.05, 3.63) is 54.0 Å². The molecular weight excluding hydrogens is 325 g/mol. The Kier molecular flexibility index (Phi) is 3.73. The predicted octanol–water partition coefficient (Wildman–Crippen LogP) is 2.57. The molecule has 4 rings (SSSR count). The Morgan fingerprint density at radius 2 is 1.96 bits per heavy atom. The van der Waals surface area contributed by atoms with Crippen molar-refractivity contribution in [1.82, 2.24) is 24.6 Å². The lowest BCUT2D eigenvalue weighted by atomic mass is 10.2. The summed E-state index contributed by atoms with van der Waals surface area (Å²) < 4.78 is 19.8. The van der Waals surface area contributed by atoms with Gasteiger partial charge in [0.1, 0.15) is 5.82 Å². The fourth-order valence-electron chi connectivity index (χ4n) is 2.31. The Morgan fingerprint density at radius 3 is 2.68 bits per heavy atom. The van der Waals surface area contributed by atoms with Crippen LogP contribution in [0.25, 0.3) is 17.4 Å². The highest BCUT2D eigenvalue weighted by atomic mass is 19.1. The number of benzene rings is 1. The highest BCUT2D eigenvalue weighted by molar-refractivity contribution is 5.53. The van der Waals surface area contributed by atoms with Gasteiger partial charge in [0, 0.05) is 13.6 Å². The number of halogens is 1. The third-order valence-electron chi connectivity index (χ3n) is 3.54. The maximum atomic E-state index is 13.0. The van der Waals surface area contributed by atoms with Crippen LogP contribution >= 0.6 is 0 Å². The third-order valence-corrected chi connectivity index (χ3v) is 3.54. The van der Waals surface area contributed by atoms with E-state index in [-0.39, 0.29) is 5.82 Å². The monoisotopic (exact) mass is 339 g/mol. The van der Waals surface area contributed by atoms with Crippen LogP contribution in [-0.4, -0.2) is 31.6 Å². The molecule has 0 bridgehead atoms. The van der Waals surface area contributed by atoms with Gasteiger partial charge < -0.3 is 15.1 Å². The van der Waals surface area contributed by atoms with Crippen molar-refractivity contribution in [1.29, 1.82) is 0 Å². The van der Waals surface area contributed by atoms with Crippen LogP contribution in [0.3, 0.4) is 0 Å². The molecule has 2 N–H and O–H groups in total. The summed E-state index contributed by atoms with van der Waals surface area (Å²) in [7, 11) is 1.72. The van der Waals surface area contributed by atoms with Gasteiger partial charge in [-0.1, -0.05) is 12.1 Å². The van der Waals surface area contributed by atoms with Crippen LogP contribution in [0.15, 0.2) is 47.1 Å². The van der Waals surface area contributed by atoms with Crippen molar-refractivity contribution in [3.63, 3.8) is 0 Å². The Morgan fingerprint density at radius 1 is 1.12 bits per heavy atom. The summed E-state index contributed by atoms with van der Waals surface area (Å²) in [5.74, 6) is 1.94. The molecule has 3 heterocycles. The fraction of sp³-hybridized carbons (Fsp3) is 0.125. The lowest BCUT2D eigenvalue weighted by Crippen LogP contribution is -2.10. The molecule has 3 aromatic heterocycles. The number of fused-ring (bicyclic) bond motifs is 1. The second-order valence-electron chi connectivity index (χ2n) is 5.23. The maximum Gasteiger partial charge on any atom is 0.259 e. The van der Waals surface area contributed by atoms with E-state index >= 15 is 0 Å². The van der Waals surface area contributed by atoms with E-state index in [1.807, 2.05) is 0 Å². The molecule has 0 atom stereocenters. The summed E-state index contributed by atoms with van der Waals surface area (Å²) in [5, 5.41) is 10.5. The summed E-state index contributed by atoms with van der Waals surface area (Å²) in [6.07, 6.45) is 1.55. The van der Waals surface area contributed by atoms with Crippen molar-refractivity contribution in [2.75, 3.05) is 17.7 Å². The first-order valence-corrected chi connectivity index (χ1v) is 7.58. The largest absolute Gasteiger partial charge is 0.461 e. The second-order valence-corrected chi connectivity index (χ2v) is 5.23. The average molecular weight is 339 g/mol. The van der Waals surface area contributed by atoms with Crippen LogP contribution in [0, 0.1) is 5.82 Å². The van der Waals surface area contributed by atoms with Crippen LogP contribution < -0.4 is 10.6 Å². The molecule has 0 saturated heterocycles. The molecule has 25 heavy (non-hydrogen) atoms. The number of hydrogen-bond acceptors (Lipinski definition) is 7. The Balaban J connectivity index is 1.69. The van der Waals surface area contributed by atoms with Crippen molar-refractivity contribution in [2.24, 2.45) is 0 Å². The van der Waals surface area contributed by atoms with Gasteiger partial charge in [0.05, 0.1) is 6.26 Å². The topological polar surface area (TPSA) is 93.2 Å². The Hall–Kier alpha value is -3.49. The van der Waals surface area contributed by atoms with E-state index in [0.29, 0.717) is 35.8 Å². The molecule has 0 fully saturated rings. The van der Waals surface area contributed by atoms with Crippen LogP contribution in [0.2, 0.25) is 0 Å². The highest BCUT2D eigenvalue weighted by Crippen LogP contribution is 2.19. The minimum Gasteiger partial charge on any atom is -0.461 e. The third kappa shape index (κ3) is 2.99. The Bertz CT molecular complexity index is 995. The lowest BCUT2D eigenvalue weighted by molar-refractivity contribution is 0.577. The van der Waals surface area contributed by atoms with Crippen molar-refractivity contribution in [2.45, 2.75) is 6.54 Å². The molecule has 1 aromatic carbocycles. The average Bonchev–Trinajstić information content (AvgIpc) is 3.30. The molecule has 0 spiro atoms. The minimum atomic E-state index is -0.273. The zero-order valence-corrected chi connectivity index (χ0v) is 13.3. The number of furan rings is 1. The van der Waals surface area contributed by atoms with Crippen LogP contribution in [0.5, 0.6) is 0 Å². The van der Waals surface area contributed by atoms with Gasteiger partial charge in [0.15, 0.2) is 5.76 Å². The smallest absolute Gasteiger partial charge is 0.259 e.